The molecule has 37 heavy (non-hydrogen) atoms. The summed E-state index contributed by atoms with van der Waals surface area (Å²) >= 11 is 0. The molecule has 1 aromatic carbocycles. The third kappa shape index (κ3) is 5.29. The van der Waals surface area contributed by atoms with Crippen LogP contribution in [0.15, 0.2) is 41.6 Å². The van der Waals surface area contributed by atoms with E-state index in [-0.39, 0.29) is 17.5 Å². The highest BCUT2D eigenvalue weighted by molar-refractivity contribution is 7.89. The van der Waals surface area contributed by atoms with Crippen molar-refractivity contribution < 1.29 is 17.9 Å². The predicted molar refractivity (Wildman–Crippen MR) is 138 cm³/mol. The third-order valence-corrected chi connectivity index (χ3v) is 8.17. The third-order valence-electron chi connectivity index (χ3n) is 6.38. The highest BCUT2D eigenvalue weighted by atomic mass is 32.2. The lowest BCUT2D eigenvalue weighted by molar-refractivity contribution is 0.122. The van der Waals surface area contributed by atoms with Crippen molar-refractivity contribution in [1.29, 1.82) is 0 Å². The van der Waals surface area contributed by atoms with E-state index in [1.54, 1.807) is 19.2 Å². The Morgan fingerprint density at radius 2 is 1.86 bits per heavy atom. The van der Waals surface area contributed by atoms with Gasteiger partial charge in [0, 0.05) is 56.2 Å². The summed E-state index contributed by atoms with van der Waals surface area (Å²) in [6, 6.07) is 7.01. The van der Waals surface area contributed by atoms with Crippen molar-refractivity contribution in [3.63, 3.8) is 0 Å². The van der Waals surface area contributed by atoms with Crippen LogP contribution in [0.2, 0.25) is 0 Å². The van der Waals surface area contributed by atoms with Crippen LogP contribution >= 0.6 is 0 Å². The van der Waals surface area contributed by atoms with E-state index in [4.69, 9.17) is 14.7 Å². The predicted octanol–water partition coefficient (Wildman–Crippen LogP) is 1.60. The van der Waals surface area contributed by atoms with E-state index >= 15 is 0 Å². The molecule has 1 saturated heterocycles. The first-order valence-electron chi connectivity index (χ1n) is 12.2. The van der Waals surface area contributed by atoms with Gasteiger partial charge < -0.3 is 20.3 Å². The van der Waals surface area contributed by atoms with Gasteiger partial charge in [-0.2, -0.15) is 9.40 Å². The number of ether oxygens (including phenoxy) is 1. The first-order chi connectivity index (χ1) is 17.8. The average molecular weight is 527 g/mol. The summed E-state index contributed by atoms with van der Waals surface area (Å²) in [7, 11) is -2.02. The number of sulfonamides is 1. The summed E-state index contributed by atoms with van der Waals surface area (Å²) in [4.78, 5) is 23.9. The van der Waals surface area contributed by atoms with Crippen molar-refractivity contribution in [1.82, 2.24) is 29.4 Å². The zero-order chi connectivity index (χ0) is 26.0. The standard InChI is InChI=1S/C24H30N8O4S/c1-3-25-24(33)27-18-6-4-17(5-7-18)22-28-21-16-32(37(34,35)19-14-26-30(2)15-19)9-8-20(21)23(29-22)31-10-12-36-13-11-31/h4-7,14-15H,3,8-13,16H2,1-2H3,(H2,25,27,33). The molecule has 13 heteroatoms. The number of carbonyl (C=O) groups is 1. The first kappa shape index (κ1) is 25.1. The van der Waals surface area contributed by atoms with Gasteiger partial charge in [-0.3, -0.25) is 4.68 Å². The molecule has 3 aromatic rings. The van der Waals surface area contributed by atoms with Gasteiger partial charge in [-0.15, -0.1) is 0 Å². The van der Waals surface area contributed by atoms with E-state index in [1.165, 1.54) is 21.4 Å². The topological polar surface area (TPSA) is 135 Å². The molecule has 0 unspecified atom stereocenters. The summed E-state index contributed by atoms with van der Waals surface area (Å²) in [6.07, 6.45) is 3.38. The van der Waals surface area contributed by atoms with Gasteiger partial charge in [0.2, 0.25) is 10.0 Å². The summed E-state index contributed by atoms with van der Waals surface area (Å²) in [5, 5.41) is 9.50. The fourth-order valence-corrected chi connectivity index (χ4v) is 5.87. The molecule has 2 N–H and O–H groups in total. The van der Waals surface area contributed by atoms with Crippen LogP contribution in [0.25, 0.3) is 11.4 Å². The zero-order valence-electron chi connectivity index (χ0n) is 20.8. The molecule has 1 fully saturated rings. The van der Waals surface area contributed by atoms with Crippen LogP contribution in [-0.2, 0) is 34.8 Å². The average Bonchev–Trinajstić information content (AvgIpc) is 3.36. The molecule has 0 bridgehead atoms. The minimum atomic E-state index is -3.71. The van der Waals surface area contributed by atoms with Crippen LogP contribution in [0.3, 0.4) is 0 Å². The van der Waals surface area contributed by atoms with Gasteiger partial charge in [-0.25, -0.2) is 23.2 Å². The zero-order valence-corrected chi connectivity index (χ0v) is 21.7. The van der Waals surface area contributed by atoms with Gasteiger partial charge in [-0.1, -0.05) is 0 Å². The Labute approximate surface area is 215 Å². The van der Waals surface area contributed by atoms with Gasteiger partial charge >= 0.3 is 6.03 Å². The molecule has 196 valence electrons. The summed E-state index contributed by atoms with van der Waals surface area (Å²) in [5.74, 6) is 1.33. The number of carbonyl (C=O) groups excluding carboxylic acids is 1. The maximum atomic E-state index is 13.3. The number of morpholine rings is 1. The van der Waals surface area contributed by atoms with Crippen LogP contribution in [0, 0.1) is 0 Å². The second kappa shape index (κ2) is 10.4. The minimum Gasteiger partial charge on any atom is -0.378 e. The normalized spacial score (nSPS) is 16.3. The molecule has 2 aliphatic rings. The van der Waals surface area contributed by atoms with E-state index in [9.17, 15) is 13.2 Å². The van der Waals surface area contributed by atoms with E-state index in [0.717, 1.165) is 16.9 Å². The van der Waals surface area contributed by atoms with E-state index in [2.05, 4.69) is 20.6 Å². The van der Waals surface area contributed by atoms with Crippen molar-refractivity contribution in [2.45, 2.75) is 24.8 Å². The van der Waals surface area contributed by atoms with Crippen LogP contribution < -0.4 is 15.5 Å². The number of nitrogens with zero attached hydrogens (tertiary/aromatic N) is 6. The number of urea groups is 1. The molecule has 0 saturated carbocycles. The number of aromatic nitrogens is 4. The smallest absolute Gasteiger partial charge is 0.319 e. The Bertz CT molecular complexity index is 1380. The van der Waals surface area contributed by atoms with E-state index in [0.29, 0.717) is 63.0 Å². The highest BCUT2D eigenvalue weighted by Crippen LogP contribution is 2.32. The second-order valence-electron chi connectivity index (χ2n) is 8.90. The van der Waals surface area contributed by atoms with Crippen molar-refractivity contribution >= 4 is 27.6 Å². The van der Waals surface area contributed by atoms with Crippen LogP contribution in [-0.4, -0.2) is 77.9 Å². The lowest BCUT2D eigenvalue weighted by Gasteiger charge is -2.33. The number of amides is 2. The van der Waals surface area contributed by atoms with Crippen molar-refractivity contribution in [3.05, 3.63) is 47.9 Å². The van der Waals surface area contributed by atoms with E-state index in [1.807, 2.05) is 19.1 Å². The molecule has 2 amide bonds. The molecule has 5 rings (SSSR count). The van der Waals surface area contributed by atoms with Crippen molar-refractivity contribution in [2.24, 2.45) is 7.05 Å². The molecular weight excluding hydrogens is 496 g/mol. The molecule has 0 radical (unpaired) electrons. The highest BCUT2D eigenvalue weighted by Gasteiger charge is 2.33. The summed E-state index contributed by atoms with van der Waals surface area (Å²) in [6.45, 7) is 5.49. The lowest BCUT2D eigenvalue weighted by atomic mass is 10.1. The van der Waals surface area contributed by atoms with Gasteiger partial charge in [0.1, 0.15) is 10.7 Å². The number of rotatable bonds is 6. The maximum absolute atomic E-state index is 13.3. The van der Waals surface area contributed by atoms with Crippen LogP contribution in [0.5, 0.6) is 0 Å². The van der Waals surface area contributed by atoms with Crippen LogP contribution in [0.1, 0.15) is 18.2 Å². The number of aryl methyl sites for hydroxylation is 1. The van der Waals surface area contributed by atoms with Crippen LogP contribution in [0.4, 0.5) is 16.3 Å². The number of nitrogens with one attached hydrogen (secondary N) is 2. The number of anilines is 2. The largest absolute Gasteiger partial charge is 0.378 e. The number of fused-ring (bicyclic) bond motifs is 1. The molecule has 0 spiro atoms. The van der Waals surface area contributed by atoms with Crippen molar-refractivity contribution in [3.8, 4) is 11.4 Å². The van der Waals surface area contributed by atoms with Crippen molar-refractivity contribution in [2.75, 3.05) is 49.6 Å². The number of hydrogen-bond acceptors (Lipinski definition) is 8. The van der Waals surface area contributed by atoms with Gasteiger partial charge in [0.25, 0.3) is 0 Å². The lowest BCUT2D eigenvalue weighted by Crippen LogP contribution is -2.40. The van der Waals surface area contributed by atoms with E-state index < -0.39 is 10.0 Å². The van der Waals surface area contributed by atoms with Gasteiger partial charge in [-0.05, 0) is 37.6 Å². The quantitative estimate of drug-likeness (QED) is 0.495. The number of hydrogen-bond donors (Lipinski definition) is 2. The molecule has 2 aromatic heterocycles. The summed E-state index contributed by atoms with van der Waals surface area (Å²) in [5.41, 5.74) is 3.08. The fraction of sp³-hybridized carbons (Fsp3) is 0.417. The Morgan fingerprint density at radius 3 is 2.54 bits per heavy atom. The summed E-state index contributed by atoms with van der Waals surface area (Å²) < 4.78 is 35.0. The van der Waals surface area contributed by atoms with Gasteiger partial charge in [0.15, 0.2) is 5.82 Å². The Hall–Kier alpha value is -3.55. The molecular formula is C24H30N8O4S. The molecule has 0 atom stereocenters. The monoisotopic (exact) mass is 526 g/mol. The fourth-order valence-electron chi connectivity index (χ4n) is 4.48. The molecule has 0 aliphatic carbocycles. The van der Waals surface area contributed by atoms with Gasteiger partial charge in [0.05, 0.1) is 31.6 Å². The Balaban J connectivity index is 1.49. The number of benzene rings is 1. The SMILES string of the molecule is CCNC(=O)Nc1ccc(-c2nc3c(c(N4CCOCC4)n2)CCN(S(=O)(=O)c2cnn(C)c2)C3)cc1. The molecule has 2 aliphatic heterocycles. The minimum absolute atomic E-state index is 0.149. The second-order valence-corrected chi connectivity index (χ2v) is 10.8. The molecule has 12 nitrogen and oxygen atoms in total. The Kier molecular flexibility index (Phi) is 7.09. The molecule has 4 heterocycles. The Morgan fingerprint density at radius 1 is 1.11 bits per heavy atom. The first-order valence-corrected chi connectivity index (χ1v) is 13.7. The maximum Gasteiger partial charge on any atom is 0.319 e.